The molecule has 1 N–H and O–H groups in total. The molecule has 1 unspecified atom stereocenters. The first-order valence-electron chi connectivity index (χ1n) is 12.0. The lowest BCUT2D eigenvalue weighted by molar-refractivity contribution is -0.143. The molecule has 0 spiro atoms. The van der Waals surface area contributed by atoms with E-state index in [0.717, 1.165) is 50.3 Å². The summed E-state index contributed by atoms with van der Waals surface area (Å²) in [5.74, 6) is -0.699. The highest BCUT2D eigenvalue weighted by atomic mass is 36.5. The Morgan fingerprint density at radius 3 is 2.56 bits per heavy atom. The maximum atomic E-state index is 12.4. The molecule has 1 fully saturated rings. The predicted molar refractivity (Wildman–Crippen MR) is 142 cm³/mol. The molecule has 8 nitrogen and oxygen atoms in total. The van der Waals surface area contributed by atoms with Crippen LogP contribution in [0.2, 0.25) is 0 Å². The maximum absolute atomic E-state index is 12.4. The second kappa shape index (κ2) is 13.8. The van der Waals surface area contributed by atoms with Gasteiger partial charge in [-0.15, -0.1) is 0 Å². The summed E-state index contributed by atoms with van der Waals surface area (Å²) in [4.78, 5) is 29.5. The van der Waals surface area contributed by atoms with Crippen molar-refractivity contribution in [2.75, 3.05) is 46.4 Å². The molecule has 1 atom stereocenters. The highest BCUT2D eigenvalue weighted by Gasteiger charge is 2.14. The number of hydrogen-bond acceptors (Lipinski definition) is 7. The minimum absolute atomic E-state index is 0.196. The number of likely N-dealkylation sites (N-methyl/N-ethyl adjacent to an activating group) is 1. The van der Waals surface area contributed by atoms with E-state index in [4.69, 9.17) is 9.15 Å². The van der Waals surface area contributed by atoms with E-state index in [2.05, 4.69) is 38.6 Å². The van der Waals surface area contributed by atoms with E-state index in [1.165, 1.54) is 0 Å². The number of oxazole rings is 1. The van der Waals surface area contributed by atoms with Crippen LogP contribution in [-0.4, -0.2) is 71.8 Å². The molecule has 1 aliphatic heterocycles. The van der Waals surface area contributed by atoms with Gasteiger partial charge in [0, 0.05) is 54.4 Å². The molecule has 0 radical (unpaired) electrons. The third-order valence-corrected chi connectivity index (χ3v) is 6.33. The Hall–Kier alpha value is -2.36. The molecule has 0 amide bonds. The van der Waals surface area contributed by atoms with Crippen LogP contribution in [0.25, 0.3) is 11.1 Å². The average molecular weight is 538 g/mol. The summed E-state index contributed by atoms with van der Waals surface area (Å²) >= 11 is 0. The van der Waals surface area contributed by atoms with Crippen molar-refractivity contribution in [2.24, 2.45) is 0 Å². The monoisotopic (exact) mass is 537 g/mol. The van der Waals surface area contributed by atoms with Crippen LogP contribution in [-0.2, 0) is 22.5 Å². The Morgan fingerprint density at radius 2 is 1.83 bits per heavy atom. The molecule has 36 heavy (non-hydrogen) atoms. The van der Waals surface area contributed by atoms with Crippen molar-refractivity contribution in [1.29, 1.82) is 0 Å². The highest BCUT2D eigenvalue weighted by Crippen LogP contribution is 2.20. The molecule has 4 rings (SSSR count). The molecular weight excluding hydrogens is 505 g/mol. The summed E-state index contributed by atoms with van der Waals surface area (Å²) in [6.07, 6.45) is 0.394. The van der Waals surface area contributed by atoms with Gasteiger partial charge in [-0.2, -0.15) is 0 Å². The van der Waals surface area contributed by atoms with Crippen molar-refractivity contribution < 1.29 is 19.1 Å². The zero-order chi connectivity index (χ0) is 26.1. The van der Waals surface area contributed by atoms with Gasteiger partial charge in [-0.05, 0) is 49.2 Å². The maximum Gasteiger partial charge on any atom is 0.420 e. The predicted octanol–water partition coefficient (Wildman–Crippen LogP) is 3.80. The van der Waals surface area contributed by atoms with Crippen LogP contribution in [0.3, 0.4) is 0 Å². The Morgan fingerprint density at radius 1 is 1.11 bits per heavy atom. The zero-order valence-corrected chi connectivity index (χ0v) is 22.2. The van der Waals surface area contributed by atoms with Gasteiger partial charge in [0.25, 0.3) is 0 Å². The number of aromatic nitrogens is 1. The van der Waals surface area contributed by atoms with Gasteiger partial charge in [0.2, 0.25) is 0 Å². The van der Waals surface area contributed by atoms with Crippen LogP contribution in [0.5, 0.6) is 0 Å². The Kier molecular flexibility index (Phi) is 10.8. The first-order chi connectivity index (χ1) is 17.4. The Balaban J connectivity index is 0.00000176. The number of carbonyl (C=O) groups excluding carboxylic acids is 1. The van der Waals surface area contributed by atoms with E-state index in [1.807, 2.05) is 24.3 Å². The smallest absolute Gasteiger partial charge is 0.420 e. The van der Waals surface area contributed by atoms with E-state index < -0.39 is 11.9 Å². The third kappa shape index (κ3) is 7.82. The summed E-state index contributed by atoms with van der Waals surface area (Å²) in [7, 11) is 10.4. The largest absolute Gasteiger partial charge is 0.465 e. The number of piperazine rings is 1. The van der Waals surface area contributed by atoms with Gasteiger partial charge < -0.3 is 24.1 Å². The van der Waals surface area contributed by atoms with Crippen LogP contribution in [0.1, 0.15) is 36.1 Å². The average Bonchev–Trinajstić information content (AvgIpc) is 3.18. The Labute approximate surface area is 220 Å². The normalized spacial score (nSPS) is 15.4. The molecular formula is C26H33Cl2N3O5. The summed E-state index contributed by atoms with van der Waals surface area (Å²) in [6.45, 7) is 7.66. The first-order valence-corrected chi connectivity index (χ1v) is 13.1. The molecule has 1 aliphatic rings. The molecule has 2 heterocycles. The lowest BCUT2D eigenvalue weighted by Crippen LogP contribution is -2.44. The third-order valence-electron chi connectivity index (χ3n) is 6.33. The number of halogens is 2. The van der Waals surface area contributed by atoms with Crippen LogP contribution in [0.4, 0.5) is 0 Å². The fourth-order valence-electron chi connectivity index (χ4n) is 4.28. The van der Waals surface area contributed by atoms with Crippen molar-refractivity contribution in [3.05, 3.63) is 69.7 Å². The number of fused-ring (bicyclic) bond motifs is 1. The molecule has 0 bridgehead atoms. The first kappa shape index (κ1) is 28.2. The number of esters is 1. The second-order valence-corrected chi connectivity index (χ2v) is 9.07. The summed E-state index contributed by atoms with van der Waals surface area (Å²) < 4.78 is 12.4. The minimum atomic E-state index is -0.638. The van der Waals surface area contributed by atoms with E-state index in [0.29, 0.717) is 29.8 Å². The molecule has 196 valence electrons. The molecule has 1 aromatic heterocycles. The van der Waals surface area contributed by atoms with Gasteiger partial charge in [-0.3, -0.25) is 9.36 Å². The molecule has 0 saturated carbocycles. The zero-order valence-electron chi connectivity index (χ0n) is 20.7. The highest BCUT2D eigenvalue weighted by molar-refractivity contribution is 6.85. The number of aliphatic hydroxyl groups excluding tert-OH is 1. The van der Waals surface area contributed by atoms with Gasteiger partial charge in [0.05, 0.1) is 31.2 Å². The van der Waals surface area contributed by atoms with Crippen LogP contribution in [0.15, 0.2) is 51.7 Å². The van der Waals surface area contributed by atoms with E-state index in [9.17, 15) is 14.7 Å². The second-order valence-electron chi connectivity index (χ2n) is 9.07. The number of aliphatic hydroxyl groups is 1. The fraction of sp³-hybridized carbons (Fsp3) is 0.462. The summed E-state index contributed by atoms with van der Waals surface area (Å²) in [6, 6.07) is 12.9. The van der Waals surface area contributed by atoms with Gasteiger partial charge in [0.15, 0.2) is 5.58 Å². The van der Waals surface area contributed by atoms with E-state index in [1.54, 1.807) is 29.7 Å². The summed E-state index contributed by atoms with van der Waals surface area (Å²) in [5, 5.41) is 9.77. The fourth-order valence-corrected chi connectivity index (χ4v) is 4.28. The van der Waals surface area contributed by atoms with Gasteiger partial charge in [-0.1, -0.05) is 30.3 Å². The quantitative estimate of drug-likeness (QED) is 0.328. The number of benzene rings is 2. The van der Waals surface area contributed by atoms with Gasteiger partial charge in [-0.25, -0.2) is 4.79 Å². The van der Waals surface area contributed by atoms with Crippen molar-refractivity contribution in [3.63, 3.8) is 0 Å². The Bertz CT molecular complexity index is 1190. The standard InChI is InChI=1S/C26H33N3O5.Cl2/c1-19(30)22-7-8-23-24(17-22)34-26(32)29(23)18-21-6-3-5-20(15-21)16-25(31)33-14-4-9-28-12-10-27(2)11-13-28;1-2/h3,5-8,15,17,19,30H,4,9-14,16,18H2,1-2H3;. The molecule has 3 aromatic rings. The van der Waals surface area contributed by atoms with E-state index in [-0.39, 0.29) is 12.4 Å². The number of carbonyl (C=O) groups is 1. The molecule has 10 heteroatoms. The number of rotatable bonds is 9. The topological polar surface area (TPSA) is 88.1 Å². The number of hydrogen-bond donors (Lipinski definition) is 1. The SMILES string of the molecule is CC(O)c1ccc2c(c1)oc(=O)n2Cc1cccc(CC(=O)OCCCN2CCN(C)CC2)c1.ClCl. The number of ether oxygens (including phenoxy) is 1. The van der Waals surface area contributed by atoms with Crippen LogP contribution in [0, 0.1) is 0 Å². The van der Waals surface area contributed by atoms with E-state index >= 15 is 0 Å². The van der Waals surface area contributed by atoms with Crippen LogP contribution < -0.4 is 5.76 Å². The van der Waals surface area contributed by atoms with Crippen molar-refractivity contribution in [3.8, 4) is 0 Å². The van der Waals surface area contributed by atoms with Crippen molar-refractivity contribution >= 4 is 38.8 Å². The van der Waals surface area contributed by atoms with Gasteiger partial charge in [0.1, 0.15) is 0 Å². The molecule has 2 aromatic carbocycles. The lowest BCUT2D eigenvalue weighted by Gasteiger charge is -2.32. The summed E-state index contributed by atoms with van der Waals surface area (Å²) in [5.41, 5.74) is 3.54. The van der Waals surface area contributed by atoms with Crippen molar-refractivity contribution in [2.45, 2.75) is 32.4 Å². The van der Waals surface area contributed by atoms with Crippen molar-refractivity contribution in [1.82, 2.24) is 14.4 Å². The minimum Gasteiger partial charge on any atom is -0.465 e. The van der Waals surface area contributed by atoms with Crippen LogP contribution >= 0.6 is 21.7 Å². The molecule has 0 aliphatic carbocycles. The lowest BCUT2D eigenvalue weighted by atomic mass is 10.1. The number of nitrogens with zero attached hydrogens (tertiary/aromatic N) is 3. The van der Waals surface area contributed by atoms with Gasteiger partial charge >= 0.3 is 11.7 Å². The molecule has 1 saturated heterocycles.